The molecule has 0 rings (SSSR count). The first-order valence-electron chi connectivity index (χ1n) is 2.45. The van der Waals surface area contributed by atoms with Crippen LogP contribution in [0.1, 0.15) is 0 Å². The average molecular weight is 131 g/mol. The maximum atomic E-state index is 5.42. The van der Waals surface area contributed by atoms with Crippen molar-refractivity contribution in [1.29, 1.82) is 0 Å². The van der Waals surface area contributed by atoms with Gasteiger partial charge < -0.3 is 10.6 Å². The molecule has 0 bridgehead atoms. The molecule has 8 heavy (non-hydrogen) atoms. The van der Waals surface area contributed by atoms with Crippen molar-refractivity contribution in [2.24, 2.45) is 5.73 Å². The third-order valence-corrected chi connectivity index (χ3v) is 1.02. The number of hydrogen-bond donors (Lipinski definition) is 1. The molecule has 1 radical (unpaired) electrons. The van der Waals surface area contributed by atoms with Gasteiger partial charge in [0.2, 0.25) is 0 Å². The predicted molar refractivity (Wildman–Crippen MR) is 39.1 cm³/mol. The molecule has 2 N–H and O–H groups in total. The summed E-state index contributed by atoms with van der Waals surface area (Å²) >= 11 is 4.49. The molecule has 0 heterocycles. The zero-order valence-electron chi connectivity index (χ0n) is 5.22. The third-order valence-electron chi connectivity index (χ3n) is 0.713. The smallest absolute Gasteiger partial charge is 0.0539 e. The van der Waals surface area contributed by atoms with E-state index in [-0.39, 0.29) is 6.04 Å². The molecule has 0 aromatic heterocycles. The Balaban J connectivity index is 3.23. The number of likely N-dealkylation sites (N-methyl/N-ethyl adjacent to an activating group) is 1. The quantitative estimate of drug-likeness (QED) is 0.536. The van der Waals surface area contributed by atoms with E-state index in [4.69, 9.17) is 5.73 Å². The number of nitrogens with two attached hydrogens (primary N) is 1. The van der Waals surface area contributed by atoms with Crippen molar-refractivity contribution in [3.8, 4) is 0 Å². The molecule has 0 aliphatic carbocycles. The topological polar surface area (TPSA) is 29.3 Å². The Morgan fingerprint density at radius 1 is 1.75 bits per heavy atom. The molecule has 0 fully saturated rings. The molecule has 3 heteroatoms. The zero-order valence-corrected chi connectivity index (χ0v) is 6.03. The Kier molecular flexibility index (Phi) is 3.95. The van der Waals surface area contributed by atoms with Crippen molar-refractivity contribution < 1.29 is 0 Å². The summed E-state index contributed by atoms with van der Waals surface area (Å²) in [6, 6.07) is -0.0833. The van der Waals surface area contributed by atoms with Crippen LogP contribution in [0, 0.1) is 0 Å². The Bertz CT molecular complexity index is 72.8. The Labute approximate surface area is 55.7 Å². The van der Waals surface area contributed by atoms with Crippen molar-refractivity contribution in [3.05, 3.63) is 0 Å². The van der Waals surface area contributed by atoms with E-state index in [1.807, 2.05) is 19.0 Å². The second-order valence-electron chi connectivity index (χ2n) is 1.99. The molecule has 47 valence electrons. The summed E-state index contributed by atoms with van der Waals surface area (Å²) in [6.45, 7) is 0.781. The molecule has 1 unspecified atom stereocenters. The normalized spacial score (nSPS) is 14.0. The molecule has 1 atom stereocenters. The standard InChI is InChI=1S/C5H11N2S/c1-7(2)3-5(6)4-8/h5H,3,6H2,1-2H3. The minimum Gasteiger partial charge on any atom is -0.322 e. The third kappa shape index (κ3) is 4.18. The Morgan fingerprint density at radius 2 is 2.25 bits per heavy atom. The summed E-state index contributed by atoms with van der Waals surface area (Å²) in [5, 5.41) is 2.52. The van der Waals surface area contributed by atoms with Gasteiger partial charge in [-0.3, -0.25) is 0 Å². The first-order chi connectivity index (χ1) is 3.66. The van der Waals surface area contributed by atoms with E-state index in [9.17, 15) is 0 Å². The first-order valence-corrected chi connectivity index (χ1v) is 2.85. The van der Waals surface area contributed by atoms with Crippen molar-refractivity contribution in [3.63, 3.8) is 0 Å². The second-order valence-corrected chi connectivity index (χ2v) is 2.22. The van der Waals surface area contributed by atoms with Gasteiger partial charge in [-0.1, -0.05) is 12.2 Å². The van der Waals surface area contributed by atoms with Gasteiger partial charge in [0.05, 0.1) is 6.04 Å². The van der Waals surface area contributed by atoms with Gasteiger partial charge in [-0.25, -0.2) is 0 Å². The van der Waals surface area contributed by atoms with Gasteiger partial charge in [0.15, 0.2) is 0 Å². The summed E-state index contributed by atoms with van der Waals surface area (Å²) in [4.78, 5) is 1.98. The van der Waals surface area contributed by atoms with Crippen LogP contribution in [0.4, 0.5) is 0 Å². The molecule has 0 aromatic rings. The van der Waals surface area contributed by atoms with Crippen LogP contribution in [0.2, 0.25) is 0 Å². The van der Waals surface area contributed by atoms with E-state index >= 15 is 0 Å². The summed E-state index contributed by atoms with van der Waals surface area (Å²) in [7, 11) is 3.90. The van der Waals surface area contributed by atoms with E-state index < -0.39 is 0 Å². The average Bonchev–Trinajstić information content (AvgIpc) is 1.65. The maximum Gasteiger partial charge on any atom is 0.0539 e. The summed E-state index contributed by atoms with van der Waals surface area (Å²) < 4.78 is 0. The van der Waals surface area contributed by atoms with Crippen LogP contribution in [0.25, 0.3) is 0 Å². The van der Waals surface area contributed by atoms with E-state index in [0.29, 0.717) is 0 Å². The Morgan fingerprint density at radius 3 is 2.38 bits per heavy atom. The number of nitrogens with zero attached hydrogens (tertiary/aromatic N) is 1. The summed E-state index contributed by atoms with van der Waals surface area (Å²) in [6.07, 6.45) is 0. The van der Waals surface area contributed by atoms with Crippen LogP contribution in [0.15, 0.2) is 0 Å². The van der Waals surface area contributed by atoms with Crippen molar-refractivity contribution in [1.82, 2.24) is 4.90 Å². The van der Waals surface area contributed by atoms with Gasteiger partial charge in [-0.2, -0.15) is 0 Å². The Hall–Kier alpha value is 0.01000. The van der Waals surface area contributed by atoms with Crippen LogP contribution in [0.3, 0.4) is 0 Å². The monoisotopic (exact) mass is 131 g/mol. The van der Waals surface area contributed by atoms with Crippen LogP contribution in [0.5, 0.6) is 0 Å². The largest absolute Gasteiger partial charge is 0.322 e. The fraction of sp³-hybridized carbons (Fsp3) is 0.800. The molecule has 0 spiro atoms. The lowest BCUT2D eigenvalue weighted by atomic mass is 10.3. The lowest BCUT2D eigenvalue weighted by Crippen LogP contribution is -2.33. The molecule has 0 aliphatic heterocycles. The van der Waals surface area contributed by atoms with Crippen LogP contribution in [-0.2, 0) is 0 Å². The van der Waals surface area contributed by atoms with Crippen LogP contribution < -0.4 is 5.73 Å². The van der Waals surface area contributed by atoms with Crippen molar-refractivity contribution in [2.45, 2.75) is 6.04 Å². The van der Waals surface area contributed by atoms with Crippen molar-refractivity contribution in [2.75, 3.05) is 20.6 Å². The van der Waals surface area contributed by atoms with Gasteiger partial charge in [0.1, 0.15) is 0 Å². The van der Waals surface area contributed by atoms with E-state index in [1.54, 1.807) is 0 Å². The minimum atomic E-state index is -0.0833. The highest BCUT2D eigenvalue weighted by molar-refractivity contribution is 7.79. The maximum absolute atomic E-state index is 5.42. The number of rotatable bonds is 3. The molecule has 0 saturated heterocycles. The highest BCUT2D eigenvalue weighted by Gasteiger charge is 1.97. The predicted octanol–water partition coefficient (Wildman–Crippen LogP) is -0.248. The van der Waals surface area contributed by atoms with E-state index in [2.05, 4.69) is 17.6 Å². The van der Waals surface area contributed by atoms with E-state index in [0.717, 1.165) is 6.54 Å². The van der Waals surface area contributed by atoms with Gasteiger partial charge in [0.25, 0.3) is 0 Å². The van der Waals surface area contributed by atoms with Crippen molar-refractivity contribution >= 4 is 17.6 Å². The van der Waals surface area contributed by atoms with Gasteiger partial charge >= 0.3 is 0 Å². The zero-order chi connectivity index (χ0) is 6.57. The van der Waals surface area contributed by atoms with E-state index in [1.165, 1.54) is 0 Å². The summed E-state index contributed by atoms with van der Waals surface area (Å²) in [5.41, 5.74) is 5.42. The fourth-order valence-electron chi connectivity index (χ4n) is 0.431. The molecular formula is C5H11N2S. The molecule has 0 aliphatic rings. The molecule has 0 amide bonds. The number of thiocarbonyl (C=S) groups is 1. The highest BCUT2D eigenvalue weighted by atomic mass is 32.1. The number of hydrogen-bond acceptors (Lipinski definition) is 3. The molecule has 0 aromatic carbocycles. The first kappa shape index (κ1) is 8.01. The minimum absolute atomic E-state index is 0.0833. The van der Waals surface area contributed by atoms with Gasteiger partial charge in [0, 0.05) is 11.9 Å². The SMILES string of the molecule is CN(C)CC(N)[C]=S. The molecular weight excluding hydrogens is 120 g/mol. The van der Waals surface area contributed by atoms with Gasteiger partial charge in [-0.15, -0.1) is 0 Å². The highest BCUT2D eigenvalue weighted by Crippen LogP contribution is 1.77. The molecule has 0 saturated carbocycles. The second kappa shape index (κ2) is 3.95. The van der Waals surface area contributed by atoms with Crippen LogP contribution in [-0.4, -0.2) is 36.9 Å². The fourth-order valence-corrected chi connectivity index (χ4v) is 0.505. The lowest BCUT2D eigenvalue weighted by molar-refractivity contribution is 0.405. The van der Waals surface area contributed by atoms with Crippen LogP contribution >= 0.6 is 12.2 Å². The lowest BCUT2D eigenvalue weighted by Gasteiger charge is -2.10. The molecule has 2 nitrogen and oxygen atoms in total. The summed E-state index contributed by atoms with van der Waals surface area (Å²) in [5.74, 6) is 0. The van der Waals surface area contributed by atoms with Gasteiger partial charge in [-0.05, 0) is 14.1 Å².